The third kappa shape index (κ3) is 4.40. The standard InChI is InChI=1S/C15H14BrCl2N3O3S2/c16-10-3-4-13(19-7-10)20-15(22)9-2-1-5-21(8-9)26(23,24)11-6-12(17)25-14(11)18/h3-4,6-7,9H,1-2,5,8H2,(H,19,20,22). The van der Waals surface area contributed by atoms with E-state index in [2.05, 4.69) is 26.2 Å². The van der Waals surface area contributed by atoms with Crippen molar-refractivity contribution in [2.24, 2.45) is 5.92 Å². The lowest BCUT2D eigenvalue weighted by Gasteiger charge is -2.31. The molecule has 1 saturated heterocycles. The molecule has 2 aromatic rings. The van der Waals surface area contributed by atoms with Gasteiger partial charge < -0.3 is 5.32 Å². The van der Waals surface area contributed by atoms with Crippen LogP contribution >= 0.6 is 50.5 Å². The first-order chi connectivity index (χ1) is 12.3. The molecule has 1 atom stereocenters. The smallest absolute Gasteiger partial charge is 0.245 e. The highest BCUT2D eigenvalue weighted by molar-refractivity contribution is 9.10. The number of carbonyl (C=O) groups is 1. The van der Waals surface area contributed by atoms with Crippen LogP contribution in [0.1, 0.15) is 12.8 Å². The number of halogens is 3. The molecular formula is C15H14BrCl2N3O3S2. The molecule has 0 saturated carbocycles. The Kier molecular flexibility index (Phi) is 6.25. The number of carbonyl (C=O) groups excluding carboxylic acids is 1. The number of sulfonamides is 1. The summed E-state index contributed by atoms with van der Waals surface area (Å²) >= 11 is 16.2. The zero-order chi connectivity index (χ0) is 18.9. The third-order valence-corrected chi connectivity index (χ3v) is 8.06. The second-order valence-electron chi connectivity index (χ2n) is 5.74. The molecule has 2 aromatic heterocycles. The molecule has 26 heavy (non-hydrogen) atoms. The molecule has 0 aromatic carbocycles. The molecular weight excluding hydrogens is 485 g/mol. The molecule has 11 heteroatoms. The van der Waals surface area contributed by atoms with E-state index in [4.69, 9.17) is 23.2 Å². The van der Waals surface area contributed by atoms with E-state index in [0.717, 1.165) is 15.8 Å². The molecule has 140 valence electrons. The fourth-order valence-corrected chi connectivity index (χ4v) is 6.56. The largest absolute Gasteiger partial charge is 0.310 e. The minimum absolute atomic E-state index is 0.00944. The van der Waals surface area contributed by atoms with E-state index in [1.165, 1.54) is 10.4 Å². The zero-order valence-corrected chi connectivity index (χ0v) is 18.0. The number of nitrogens with one attached hydrogen (secondary N) is 1. The van der Waals surface area contributed by atoms with Gasteiger partial charge in [0, 0.05) is 23.8 Å². The van der Waals surface area contributed by atoms with E-state index in [1.54, 1.807) is 18.3 Å². The molecule has 3 heterocycles. The number of aromatic nitrogens is 1. The van der Waals surface area contributed by atoms with Gasteiger partial charge in [0.25, 0.3) is 0 Å². The second-order valence-corrected chi connectivity index (χ2v) is 10.8. The van der Waals surface area contributed by atoms with Crippen LogP contribution in [0.2, 0.25) is 8.67 Å². The lowest BCUT2D eigenvalue weighted by atomic mass is 9.99. The van der Waals surface area contributed by atoms with Crippen molar-refractivity contribution >= 4 is 72.2 Å². The zero-order valence-electron chi connectivity index (χ0n) is 13.3. The van der Waals surface area contributed by atoms with Crippen LogP contribution < -0.4 is 5.32 Å². The number of piperidine rings is 1. The normalized spacial score (nSPS) is 18.7. The van der Waals surface area contributed by atoms with Crippen LogP contribution in [0.5, 0.6) is 0 Å². The SMILES string of the molecule is O=C(Nc1ccc(Br)cn1)C1CCCN(S(=O)(=O)c2cc(Cl)sc2Cl)C1. The number of anilines is 1. The van der Waals surface area contributed by atoms with Crippen LogP contribution in [0.4, 0.5) is 5.82 Å². The monoisotopic (exact) mass is 497 g/mol. The van der Waals surface area contributed by atoms with Crippen LogP contribution in [0.3, 0.4) is 0 Å². The maximum absolute atomic E-state index is 12.8. The number of rotatable bonds is 4. The average Bonchev–Trinajstić information content (AvgIpc) is 2.96. The first-order valence-corrected chi connectivity index (χ1v) is 11.5. The molecule has 1 aliphatic rings. The lowest BCUT2D eigenvalue weighted by molar-refractivity contribution is -0.120. The topological polar surface area (TPSA) is 79.4 Å². The van der Waals surface area contributed by atoms with Crippen molar-refractivity contribution in [2.75, 3.05) is 18.4 Å². The maximum Gasteiger partial charge on any atom is 0.245 e. The number of nitrogens with zero attached hydrogens (tertiary/aromatic N) is 2. The summed E-state index contributed by atoms with van der Waals surface area (Å²) in [6.45, 7) is 0.431. The van der Waals surface area contributed by atoms with Gasteiger partial charge in [0.1, 0.15) is 15.0 Å². The fourth-order valence-electron chi connectivity index (χ4n) is 2.69. The summed E-state index contributed by atoms with van der Waals surface area (Å²) in [4.78, 5) is 16.6. The lowest BCUT2D eigenvalue weighted by Crippen LogP contribution is -2.43. The molecule has 0 bridgehead atoms. The minimum atomic E-state index is -3.79. The molecule has 0 aliphatic carbocycles. The number of amides is 1. The Bertz CT molecular complexity index is 919. The number of hydrogen-bond acceptors (Lipinski definition) is 5. The third-order valence-electron chi connectivity index (χ3n) is 3.98. The molecule has 1 fully saturated rings. The summed E-state index contributed by atoms with van der Waals surface area (Å²) in [6.07, 6.45) is 2.77. The summed E-state index contributed by atoms with van der Waals surface area (Å²) in [5.41, 5.74) is 0. The number of thiophene rings is 1. The molecule has 1 aliphatic heterocycles. The predicted octanol–water partition coefficient (Wildman–Crippen LogP) is 4.25. The first kappa shape index (κ1) is 20.0. The molecule has 1 N–H and O–H groups in total. The molecule has 3 rings (SSSR count). The summed E-state index contributed by atoms with van der Waals surface area (Å²) < 4.78 is 28.2. The van der Waals surface area contributed by atoms with E-state index in [9.17, 15) is 13.2 Å². The molecule has 6 nitrogen and oxygen atoms in total. The quantitative estimate of drug-likeness (QED) is 0.683. The predicted molar refractivity (Wildman–Crippen MR) is 106 cm³/mol. The maximum atomic E-state index is 12.8. The van der Waals surface area contributed by atoms with Crippen molar-refractivity contribution in [1.82, 2.24) is 9.29 Å². The summed E-state index contributed by atoms with van der Waals surface area (Å²) in [5.74, 6) is -0.295. The van der Waals surface area contributed by atoms with Gasteiger partial charge >= 0.3 is 0 Å². The molecule has 0 spiro atoms. The van der Waals surface area contributed by atoms with E-state index in [0.29, 0.717) is 29.5 Å². The van der Waals surface area contributed by atoms with Gasteiger partial charge in [0.15, 0.2) is 0 Å². The van der Waals surface area contributed by atoms with Crippen LogP contribution in [-0.2, 0) is 14.8 Å². The van der Waals surface area contributed by atoms with Gasteiger partial charge in [-0.15, -0.1) is 11.3 Å². The van der Waals surface area contributed by atoms with Gasteiger partial charge in [-0.2, -0.15) is 4.31 Å². The summed E-state index contributed by atoms with van der Waals surface area (Å²) in [5, 5.41) is 2.73. The van der Waals surface area contributed by atoms with E-state index in [-0.39, 0.29) is 21.7 Å². The highest BCUT2D eigenvalue weighted by Gasteiger charge is 2.35. The Labute approximate surface area is 173 Å². The Morgan fingerprint density at radius 2 is 2.15 bits per heavy atom. The first-order valence-electron chi connectivity index (χ1n) is 7.65. The Morgan fingerprint density at radius 3 is 2.77 bits per heavy atom. The number of hydrogen-bond donors (Lipinski definition) is 1. The fraction of sp³-hybridized carbons (Fsp3) is 0.333. The molecule has 1 amide bonds. The van der Waals surface area contributed by atoms with Crippen LogP contribution in [0.25, 0.3) is 0 Å². The summed E-state index contributed by atoms with van der Waals surface area (Å²) in [6, 6.07) is 4.79. The minimum Gasteiger partial charge on any atom is -0.310 e. The Morgan fingerprint density at radius 1 is 1.38 bits per heavy atom. The second kappa shape index (κ2) is 8.12. The van der Waals surface area contributed by atoms with Crippen LogP contribution in [-0.4, -0.2) is 36.7 Å². The van der Waals surface area contributed by atoms with Crippen molar-refractivity contribution in [2.45, 2.75) is 17.7 Å². The highest BCUT2D eigenvalue weighted by atomic mass is 79.9. The van der Waals surface area contributed by atoms with Gasteiger partial charge in [0.05, 0.1) is 10.3 Å². The van der Waals surface area contributed by atoms with Gasteiger partial charge in [-0.25, -0.2) is 13.4 Å². The Balaban J connectivity index is 1.73. The van der Waals surface area contributed by atoms with Gasteiger partial charge in [-0.05, 0) is 47.0 Å². The molecule has 0 radical (unpaired) electrons. The van der Waals surface area contributed by atoms with Crippen molar-refractivity contribution in [1.29, 1.82) is 0 Å². The number of pyridine rings is 1. The van der Waals surface area contributed by atoms with Gasteiger partial charge in [-0.3, -0.25) is 4.79 Å². The van der Waals surface area contributed by atoms with Gasteiger partial charge in [-0.1, -0.05) is 23.2 Å². The van der Waals surface area contributed by atoms with Crippen molar-refractivity contribution < 1.29 is 13.2 Å². The molecule has 1 unspecified atom stereocenters. The Hall–Kier alpha value is -0.710. The van der Waals surface area contributed by atoms with Gasteiger partial charge in [0.2, 0.25) is 15.9 Å². The van der Waals surface area contributed by atoms with E-state index >= 15 is 0 Å². The van der Waals surface area contributed by atoms with Crippen LogP contribution in [0.15, 0.2) is 33.8 Å². The average molecular weight is 499 g/mol. The van der Waals surface area contributed by atoms with Crippen molar-refractivity contribution in [3.63, 3.8) is 0 Å². The van der Waals surface area contributed by atoms with Crippen molar-refractivity contribution in [3.8, 4) is 0 Å². The van der Waals surface area contributed by atoms with Crippen molar-refractivity contribution in [3.05, 3.63) is 37.5 Å². The van der Waals surface area contributed by atoms with E-state index < -0.39 is 15.9 Å². The summed E-state index contributed by atoms with van der Waals surface area (Å²) in [7, 11) is -3.79. The van der Waals surface area contributed by atoms with Crippen LogP contribution in [0, 0.1) is 5.92 Å². The van der Waals surface area contributed by atoms with E-state index in [1.807, 2.05) is 0 Å². The highest BCUT2D eigenvalue weighted by Crippen LogP contribution is 2.37.